The molecular weight excluding hydrogens is 497 g/mol. The highest BCUT2D eigenvalue weighted by Crippen LogP contribution is 2.32. The zero-order valence-electron chi connectivity index (χ0n) is 21.2. The van der Waals surface area contributed by atoms with Gasteiger partial charge in [0.2, 0.25) is 0 Å². The zero-order valence-corrected chi connectivity index (χ0v) is 21.2. The molecule has 0 bridgehead atoms. The van der Waals surface area contributed by atoms with E-state index in [1.54, 1.807) is 4.90 Å². The third-order valence-electron chi connectivity index (χ3n) is 7.43. The fraction of sp³-hybridized carbons (Fsp3) is 0.500. The molecule has 2 aliphatic heterocycles. The van der Waals surface area contributed by atoms with E-state index in [1.165, 1.54) is 17.7 Å². The smallest absolute Gasteiger partial charge is 0.406 e. The van der Waals surface area contributed by atoms with Crippen molar-refractivity contribution < 1.29 is 27.8 Å². The van der Waals surface area contributed by atoms with Crippen molar-refractivity contribution in [2.45, 2.75) is 50.6 Å². The number of alkyl halides is 3. The number of benzene rings is 2. The number of nitrogens with one attached hydrogen (secondary N) is 1. The van der Waals surface area contributed by atoms with Gasteiger partial charge in [-0.3, -0.25) is 9.69 Å². The molecule has 0 saturated carbocycles. The highest BCUT2D eigenvalue weighted by molar-refractivity contribution is 5.85. The second kappa shape index (κ2) is 12.0. The molecule has 10 heteroatoms. The Hall–Kier alpha value is -3.29. The summed E-state index contributed by atoms with van der Waals surface area (Å²) in [6.45, 7) is 4.00. The molecule has 2 heterocycles. The minimum Gasteiger partial charge on any atom is -0.406 e. The second-order valence-electron chi connectivity index (χ2n) is 10.1. The van der Waals surface area contributed by atoms with Crippen LogP contribution in [0.3, 0.4) is 0 Å². The molecule has 7 nitrogen and oxygen atoms in total. The van der Waals surface area contributed by atoms with Crippen LogP contribution in [-0.4, -0.2) is 60.6 Å². The summed E-state index contributed by atoms with van der Waals surface area (Å²) in [6.07, 6.45) is -1.61. The van der Waals surface area contributed by atoms with E-state index in [0.717, 1.165) is 45.0 Å². The molecule has 2 aromatic rings. The van der Waals surface area contributed by atoms with Crippen molar-refractivity contribution in [3.8, 4) is 11.8 Å². The third-order valence-corrected chi connectivity index (χ3v) is 7.43. The molecule has 1 amide bonds. The molecule has 0 spiro atoms. The minimum absolute atomic E-state index is 0.0335. The summed E-state index contributed by atoms with van der Waals surface area (Å²) < 4.78 is 42.0. The Kier molecular flexibility index (Phi) is 8.80. The molecule has 0 radical (unpaired) electrons. The fourth-order valence-electron chi connectivity index (χ4n) is 5.21. The summed E-state index contributed by atoms with van der Waals surface area (Å²) in [5.74, 6) is -0.360. The lowest BCUT2D eigenvalue weighted by Gasteiger charge is -2.38. The van der Waals surface area contributed by atoms with Crippen molar-refractivity contribution in [1.82, 2.24) is 10.2 Å². The number of likely N-dealkylation sites (tertiary alicyclic amines) is 1. The standard InChI is InChI=1S/C28H33F3N4O3/c29-28(30,31)38-25-17-23(19-32)16-24(18-25)35-14-9-27(37,10-15-35)26(36)33-11-6-21-7-12-34(13-8-21)20-22-4-2-1-3-5-22/h1-5,16-18,21,37H,6-15,20H2,(H,33,36). The van der Waals surface area contributed by atoms with Crippen molar-refractivity contribution in [2.75, 3.05) is 37.6 Å². The van der Waals surface area contributed by atoms with Gasteiger partial charge < -0.3 is 20.1 Å². The predicted molar refractivity (Wildman–Crippen MR) is 136 cm³/mol. The maximum Gasteiger partial charge on any atom is 0.573 e. The Morgan fingerprint density at radius 2 is 1.79 bits per heavy atom. The molecule has 2 N–H and O–H groups in total. The number of anilines is 1. The number of piperidine rings is 2. The van der Waals surface area contributed by atoms with Crippen molar-refractivity contribution in [2.24, 2.45) is 5.92 Å². The first kappa shape index (κ1) is 27.7. The molecule has 2 saturated heterocycles. The first-order valence-electron chi connectivity index (χ1n) is 13.0. The van der Waals surface area contributed by atoms with Gasteiger partial charge >= 0.3 is 6.36 Å². The molecule has 2 aromatic carbocycles. The van der Waals surface area contributed by atoms with E-state index in [1.807, 2.05) is 12.1 Å². The summed E-state index contributed by atoms with van der Waals surface area (Å²) in [7, 11) is 0. The van der Waals surface area contributed by atoms with Crippen LogP contribution in [0.1, 0.15) is 43.2 Å². The van der Waals surface area contributed by atoms with Crippen LogP contribution in [0, 0.1) is 17.2 Å². The van der Waals surface area contributed by atoms with E-state index in [0.29, 0.717) is 18.2 Å². The van der Waals surface area contributed by atoms with Gasteiger partial charge in [-0.25, -0.2) is 0 Å². The molecular formula is C28H33F3N4O3. The summed E-state index contributed by atoms with van der Waals surface area (Å²) in [5.41, 5.74) is 0.189. The quantitative estimate of drug-likeness (QED) is 0.532. The van der Waals surface area contributed by atoms with Crippen molar-refractivity contribution >= 4 is 11.6 Å². The summed E-state index contributed by atoms with van der Waals surface area (Å²) in [4.78, 5) is 17.0. The van der Waals surface area contributed by atoms with E-state index in [-0.39, 0.29) is 31.5 Å². The lowest BCUT2D eigenvalue weighted by atomic mass is 9.89. The fourth-order valence-corrected chi connectivity index (χ4v) is 5.21. The first-order valence-corrected chi connectivity index (χ1v) is 13.0. The van der Waals surface area contributed by atoms with Gasteiger partial charge in [0.25, 0.3) is 5.91 Å². The van der Waals surface area contributed by atoms with Gasteiger partial charge in [0.15, 0.2) is 0 Å². The number of rotatable bonds is 8. The number of amides is 1. The Labute approximate surface area is 220 Å². The van der Waals surface area contributed by atoms with Gasteiger partial charge in [0.05, 0.1) is 11.6 Å². The van der Waals surface area contributed by atoms with Crippen LogP contribution in [0.25, 0.3) is 0 Å². The second-order valence-corrected chi connectivity index (χ2v) is 10.1. The van der Waals surface area contributed by atoms with Gasteiger partial charge in [-0.15, -0.1) is 13.2 Å². The number of carbonyl (C=O) groups excluding carboxylic acids is 1. The zero-order chi connectivity index (χ0) is 27.2. The average molecular weight is 531 g/mol. The van der Waals surface area contributed by atoms with Crippen LogP contribution in [0.2, 0.25) is 0 Å². The van der Waals surface area contributed by atoms with Gasteiger partial charge in [0.1, 0.15) is 11.4 Å². The number of ether oxygens (including phenoxy) is 1. The molecule has 0 atom stereocenters. The van der Waals surface area contributed by atoms with E-state index in [9.17, 15) is 28.3 Å². The monoisotopic (exact) mass is 530 g/mol. The lowest BCUT2D eigenvalue weighted by Crippen LogP contribution is -2.54. The van der Waals surface area contributed by atoms with Crippen LogP contribution in [-0.2, 0) is 11.3 Å². The van der Waals surface area contributed by atoms with E-state index < -0.39 is 23.6 Å². The van der Waals surface area contributed by atoms with Crippen LogP contribution in [0.15, 0.2) is 48.5 Å². The molecule has 0 aromatic heterocycles. The normalized spacial score (nSPS) is 18.6. The maximum absolute atomic E-state index is 12.8. The molecule has 2 fully saturated rings. The highest BCUT2D eigenvalue weighted by Gasteiger charge is 2.39. The van der Waals surface area contributed by atoms with Crippen LogP contribution >= 0.6 is 0 Å². The van der Waals surface area contributed by atoms with Gasteiger partial charge in [-0.05, 0) is 56.0 Å². The Morgan fingerprint density at radius 1 is 1.11 bits per heavy atom. The van der Waals surface area contributed by atoms with Crippen LogP contribution < -0.4 is 15.0 Å². The number of nitriles is 1. The number of hydrogen-bond acceptors (Lipinski definition) is 6. The minimum atomic E-state index is -4.87. The van der Waals surface area contributed by atoms with Gasteiger partial charge in [0, 0.05) is 50.8 Å². The number of nitrogens with zero attached hydrogens (tertiary/aromatic N) is 3. The van der Waals surface area contributed by atoms with E-state index in [4.69, 9.17) is 0 Å². The van der Waals surface area contributed by atoms with E-state index >= 15 is 0 Å². The molecule has 0 unspecified atom stereocenters. The molecule has 0 aliphatic carbocycles. The van der Waals surface area contributed by atoms with Crippen LogP contribution in [0.4, 0.5) is 18.9 Å². The van der Waals surface area contributed by atoms with Crippen molar-refractivity contribution in [3.05, 3.63) is 59.7 Å². The lowest BCUT2D eigenvalue weighted by molar-refractivity contribution is -0.274. The SMILES string of the molecule is N#Cc1cc(OC(F)(F)F)cc(N2CCC(O)(C(=O)NCCC3CCN(Cc4ccccc4)CC3)CC2)c1. The Balaban J connectivity index is 1.21. The number of aliphatic hydroxyl groups is 1. The Bertz CT molecular complexity index is 1120. The number of hydrogen-bond donors (Lipinski definition) is 2. The topological polar surface area (TPSA) is 88.8 Å². The van der Waals surface area contributed by atoms with Gasteiger partial charge in [-0.2, -0.15) is 5.26 Å². The highest BCUT2D eigenvalue weighted by atomic mass is 19.4. The third kappa shape index (κ3) is 7.62. The molecule has 4 rings (SSSR count). The van der Waals surface area contributed by atoms with Crippen LogP contribution in [0.5, 0.6) is 5.75 Å². The average Bonchev–Trinajstić information content (AvgIpc) is 2.89. The largest absolute Gasteiger partial charge is 0.573 e. The summed E-state index contributed by atoms with van der Waals surface area (Å²) in [6, 6.07) is 16.0. The first-order chi connectivity index (χ1) is 18.1. The number of carbonyl (C=O) groups is 1. The Morgan fingerprint density at radius 3 is 2.42 bits per heavy atom. The van der Waals surface area contributed by atoms with E-state index in [2.05, 4.69) is 39.2 Å². The molecule has 2 aliphatic rings. The molecule has 204 valence electrons. The number of halogens is 3. The van der Waals surface area contributed by atoms with Crippen molar-refractivity contribution in [3.63, 3.8) is 0 Å². The molecule has 38 heavy (non-hydrogen) atoms. The summed E-state index contributed by atoms with van der Waals surface area (Å²) in [5, 5.41) is 23.0. The maximum atomic E-state index is 12.8. The predicted octanol–water partition coefficient (Wildman–Crippen LogP) is 4.21. The van der Waals surface area contributed by atoms with Gasteiger partial charge in [-0.1, -0.05) is 30.3 Å². The summed E-state index contributed by atoms with van der Waals surface area (Å²) >= 11 is 0. The van der Waals surface area contributed by atoms with Crippen molar-refractivity contribution in [1.29, 1.82) is 5.26 Å².